The van der Waals surface area contributed by atoms with Crippen molar-refractivity contribution in [3.05, 3.63) is 57.6 Å². The number of nitro groups is 1. The number of nitro benzene ring substituents is 1. The summed E-state index contributed by atoms with van der Waals surface area (Å²) in [7, 11) is 1.62. The summed E-state index contributed by atoms with van der Waals surface area (Å²) < 4.78 is 11.7. The summed E-state index contributed by atoms with van der Waals surface area (Å²) in [5.41, 5.74) is 3.10. The molecule has 0 radical (unpaired) electrons. The van der Waals surface area contributed by atoms with Crippen molar-refractivity contribution < 1.29 is 14.4 Å². The van der Waals surface area contributed by atoms with E-state index >= 15 is 0 Å². The molecule has 1 aliphatic rings. The first-order chi connectivity index (χ1) is 13.5. The minimum absolute atomic E-state index is 0.0237. The molecule has 0 bridgehead atoms. The van der Waals surface area contributed by atoms with E-state index in [-0.39, 0.29) is 11.1 Å². The molecule has 2 N–H and O–H groups in total. The number of nitrogens with zero attached hydrogens (tertiary/aromatic N) is 1. The van der Waals surface area contributed by atoms with E-state index in [0.29, 0.717) is 23.2 Å². The third-order valence-corrected chi connectivity index (χ3v) is 5.30. The monoisotopic (exact) mass is 415 g/mol. The Balaban J connectivity index is 1.87. The van der Waals surface area contributed by atoms with Crippen molar-refractivity contribution in [2.75, 3.05) is 24.4 Å². The highest BCUT2D eigenvalue weighted by Crippen LogP contribution is 2.45. The summed E-state index contributed by atoms with van der Waals surface area (Å²) in [6.45, 7) is 9.02. The average Bonchev–Trinajstić information content (AvgIpc) is 2.65. The van der Waals surface area contributed by atoms with E-state index in [1.807, 2.05) is 26.0 Å². The van der Waals surface area contributed by atoms with Crippen molar-refractivity contribution in [2.45, 2.75) is 38.7 Å². The summed E-state index contributed by atoms with van der Waals surface area (Å²) in [4.78, 5) is 10.3. The molecule has 1 aliphatic heterocycles. The second kappa shape index (κ2) is 7.61. The maximum absolute atomic E-state index is 10.8. The van der Waals surface area contributed by atoms with Crippen molar-refractivity contribution in [2.24, 2.45) is 0 Å². The van der Waals surface area contributed by atoms with Gasteiger partial charge in [-0.2, -0.15) is 0 Å². The number of ether oxygens (including phenoxy) is 2. The number of anilines is 2. The highest BCUT2D eigenvalue weighted by molar-refractivity contribution is 7.80. The number of thiocarbonyl (C=S) groups is 1. The predicted octanol–water partition coefficient (Wildman–Crippen LogP) is 4.96. The number of nitrogens with one attached hydrogen (secondary N) is 2. The van der Waals surface area contributed by atoms with Gasteiger partial charge in [-0.25, -0.2) is 0 Å². The lowest BCUT2D eigenvalue weighted by Crippen LogP contribution is -2.40. The Labute approximate surface area is 175 Å². The van der Waals surface area contributed by atoms with Gasteiger partial charge in [-0.15, -0.1) is 0 Å². The Kier molecular flexibility index (Phi) is 5.51. The zero-order valence-electron chi connectivity index (χ0n) is 17.2. The zero-order valence-corrected chi connectivity index (χ0v) is 18.0. The standard InChI is InChI=1S/C21H25N3O4S/c1-20(2)12-28-21(3,4)16-10-17(18(27-5)11-15(16)20)23-19(29)22-13-6-8-14(9-7-13)24(25)26/h6-11H,12H2,1-5H3,(H2,22,23,29). The molecular formula is C21H25N3O4S. The van der Waals surface area contributed by atoms with Crippen LogP contribution >= 0.6 is 12.2 Å². The summed E-state index contributed by atoms with van der Waals surface area (Å²) >= 11 is 5.42. The van der Waals surface area contributed by atoms with Crippen LogP contribution in [0.2, 0.25) is 0 Å². The van der Waals surface area contributed by atoms with Crippen molar-refractivity contribution >= 4 is 34.4 Å². The number of methoxy groups -OCH3 is 1. The fourth-order valence-corrected chi connectivity index (χ4v) is 3.60. The van der Waals surface area contributed by atoms with Crippen molar-refractivity contribution in [3.8, 4) is 5.75 Å². The van der Waals surface area contributed by atoms with Crippen LogP contribution < -0.4 is 15.4 Å². The second-order valence-corrected chi connectivity index (χ2v) is 8.57. The number of hydrogen-bond acceptors (Lipinski definition) is 5. The van der Waals surface area contributed by atoms with Gasteiger partial charge in [-0.1, -0.05) is 13.8 Å². The van der Waals surface area contributed by atoms with Crippen LogP contribution in [0, 0.1) is 10.1 Å². The summed E-state index contributed by atoms with van der Waals surface area (Å²) in [6.07, 6.45) is 0. The molecule has 0 unspecified atom stereocenters. The largest absolute Gasteiger partial charge is 0.495 e. The molecule has 2 aromatic carbocycles. The number of benzene rings is 2. The van der Waals surface area contributed by atoms with Crippen LogP contribution in [-0.4, -0.2) is 23.8 Å². The zero-order chi connectivity index (χ0) is 21.4. The summed E-state index contributed by atoms with van der Waals surface area (Å²) in [5, 5.41) is 17.3. The van der Waals surface area contributed by atoms with Gasteiger partial charge >= 0.3 is 0 Å². The maximum Gasteiger partial charge on any atom is 0.269 e. The van der Waals surface area contributed by atoms with E-state index in [1.165, 1.54) is 17.7 Å². The molecule has 3 rings (SSSR count). The first-order valence-corrected chi connectivity index (χ1v) is 9.64. The molecule has 0 aliphatic carbocycles. The van der Waals surface area contributed by atoms with E-state index in [1.54, 1.807) is 19.2 Å². The minimum atomic E-state index is -0.441. The molecule has 0 saturated heterocycles. The molecule has 0 spiro atoms. The van der Waals surface area contributed by atoms with Crippen LogP contribution in [0.1, 0.15) is 38.8 Å². The van der Waals surface area contributed by atoms with E-state index < -0.39 is 10.5 Å². The number of non-ortho nitro benzene ring substituents is 1. The second-order valence-electron chi connectivity index (χ2n) is 8.16. The molecule has 29 heavy (non-hydrogen) atoms. The molecule has 0 fully saturated rings. The Morgan fingerprint density at radius 3 is 2.38 bits per heavy atom. The third-order valence-electron chi connectivity index (χ3n) is 5.10. The number of hydrogen-bond donors (Lipinski definition) is 2. The molecular weight excluding hydrogens is 390 g/mol. The molecule has 1 heterocycles. The molecule has 2 aromatic rings. The molecule has 0 amide bonds. The van der Waals surface area contributed by atoms with Gasteiger partial charge in [0.2, 0.25) is 0 Å². The first-order valence-electron chi connectivity index (χ1n) is 9.23. The lowest BCUT2D eigenvalue weighted by atomic mass is 9.75. The lowest BCUT2D eigenvalue weighted by Gasteiger charge is -2.42. The first kappa shape index (κ1) is 21.0. The maximum atomic E-state index is 10.8. The van der Waals surface area contributed by atoms with Crippen molar-refractivity contribution in [3.63, 3.8) is 0 Å². The molecule has 0 saturated carbocycles. The van der Waals surface area contributed by atoms with Gasteiger partial charge in [0.25, 0.3) is 5.69 Å². The number of fused-ring (bicyclic) bond motifs is 1. The van der Waals surface area contributed by atoms with Crippen LogP contribution in [0.4, 0.5) is 17.1 Å². The molecule has 0 aromatic heterocycles. The van der Waals surface area contributed by atoms with Crippen LogP contribution in [0.25, 0.3) is 0 Å². The van der Waals surface area contributed by atoms with Crippen LogP contribution in [0.5, 0.6) is 5.75 Å². The quantitative estimate of drug-likeness (QED) is 0.415. The van der Waals surface area contributed by atoms with Gasteiger partial charge in [-0.05, 0) is 61.5 Å². The van der Waals surface area contributed by atoms with Crippen molar-refractivity contribution in [1.29, 1.82) is 0 Å². The van der Waals surface area contributed by atoms with Gasteiger partial charge in [0, 0.05) is 23.2 Å². The van der Waals surface area contributed by atoms with Gasteiger partial charge < -0.3 is 20.1 Å². The van der Waals surface area contributed by atoms with Gasteiger partial charge in [-0.3, -0.25) is 10.1 Å². The fraction of sp³-hybridized carbons (Fsp3) is 0.381. The van der Waals surface area contributed by atoms with Gasteiger partial charge in [0.15, 0.2) is 5.11 Å². The fourth-order valence-electron chi connectivity index (χ4n) is 3.37. The lowest BCUT2D eigenvalue weighted by molar-refractivity contribution is -0.384. The van der Waals surface area contributed by atoms with E-state index in [4.69, 9.17) is 21.7 Å². The molecule has 8 heteroatoms. The third kappa shape index (κ3) is 4.33. The Bertz CT molecular complexity index is 955. The molecule has 154 valence electrons. The predicted molar refractivity (Wildman–Crippen MR) is 118 cm³/mol. The summed E-state index contributed by atoms with van der Waals surface area (Å²) in [5.74, 6) is 0.683. The van der Waals surface area contributed by atoms with Gasteiger partial charge in [0.05, 0.1) is 29.9 Å². The van der Waals surface area contributed by atoms with Crippen LogP contribution in [-0.2, 0) is 15.8 Å². The van der Waals surface area contributed by atoms with E-state index in [2.05, 4.69) is 24.5 Å². The Morgan fingerprint density at radius 1 is 1.14 bits per heavy atom. The van der Waals surface area contributed by atoms with Crippen LogP contribution in [0.15, 0.2) is 36.4 Å². The van der Waals surface area contributed by atoms with Gasteiger partial charge in [0.1, 0.15) is 5.75 Å². The van der Waals surface area contributed by atoms with E-state index in [9.17, 15) is 10.1 Å². The Morgan fingerprint density at radius 2 is 1.79 bits per heavy atom. The summed E-state index contributed by atoms with van der Waals surface area (Å²) in [6, 6.07) is 10.1. The highest BCUT2D eigenvalue weighted by Gasteiger charge is 2.39. The van der Waals surface area contributed by atoms with Crippen molar-refractivity contribution in [1.82, 2.24) is 0 Å². The Hall–Kier alpha value is -2.71. The SMILES string of the molecule is COc1cc2c(cc1NC(=S)Nc1ccc([N+](=O)[O-])cc1)C(C)(C)OCC2(C)C. The number of rotatable bonds is 4. The highest BCUT2D eigenvalue weighted by atomic mass is 32.1. The minimum Gasteiger partial charge on any atom is -0.495 e. The molecule has 0 atom stereocenters. The average molecular weight is 416 g/mol. The topological polar surface area (TPSA) is 85.7 Å². The molecule has 7 nitrogen and oxygen atoms in total. The van der Waals surface area contributed by atoms with Crippen LogP contribution in [0.3, 0.4) is 0 Å². The van der Waals surface area contributed by atoms with E-state index in [0.717, 1.165) is 11.3 Å². The smallest absolute Gasteiger partial charge is 0.269 e. The normalized spacial score (nSPS) is 16.4.